The van der Waals surface area contributed by atoms with Crippen LogP contribution in [0.25, 0.3) is 0 Å². The van der Waals surface area contributed by atoms with Gasteiger partial charge in [-0.2, -0.15) is 0 Å². The van der Waals surface area contributed by atoms with Gasteiger partial charge in [0, 0.05) is 30.2 Å². The molecule has 0 aromatic heterocycles. The molecule has 0 saturated heterocycles. The number of benzene rings is 3. The molecule has 10 heteroatoms. The number of hydrogen-bond donors (Lipinski definition) is 4. The maximum atomic E-state index is 13.1. The van der Waals surface area contributed by atoms with E-state index >= 15 is 0 Å². The van der Waals surface area contributed by atoms with E-state index in [2.05, 4.69) is 16.0 Å². The van der Waals surface area contributed by atoms with Crippen LogP contribution in [-0.2, 0) is 27.2 Å². The number of halogens is 1. The van der Waals surface area contributed by atoms with Crippen molar-refractivity contribution in [2.45, 2.75) is 31.7 Å². The summed E-state index contributed by atoms with van der Waals surface area (Å²) in [6.45, 7) is 0.866. The van der Waals surface area contributed by atoms with Gasteiger partial charge in [-0.05, 0) is 72.5 Å². The summed E-state index contributed by atoms with van der Waals surface area (Å²) in [6.07, 6.45) is 1.18. The number of carbonyl (C=O) groups is 3. The number of carbonyl (C=O) groups excluding carboxylic acids is 2. The minimum Gasteiger partial charge on any atom is -0.497 e. The van der Waals surface area contributed by atoms with Crippen LogP contribution in [0.5, 0.6) is 11.5 Å². The lowest BCUT2D eigenvalue weighted by molar-refractivity contribution is -0.137. The van der Waals surface area contributed by atoms with Crippen LogP contribution in [0.1, 0.15) is 24.0 Å². The molecule has 1 unspecified atom stereocenters. The van der Waals surface area contributed by atoms with E-state index in [-0.39, 0.29) is 31.2 Å². The van der Waals surface area contributed by atoms with Crippen LogP contribution in [0.3, 0.4) is 0 Å². The van der Waals surface area contributed by atoms with Gasteiger partial charge in [0.15, 0.2) is 0 Å². The largest absolute Gasteiger partial charge is 0.497 e. The van der Waals surface area contributed by atoms with Crippen molar-refractivity contribution >= 4 is 35.1 Å². The Morgan fingerprint density at radius 2 is 1.68 bits per heavy atom. The average Bonchev–Trinajstić information content (AvgIpc) is 2.94. The third kappa shape index (κ3) is 10.9. The Balaban J connectivity index is 1.56. The Hall–Kier alpha value is -4.24. The summed E-state index contributed by atoms with van der Waals surface area (Å²) in [6, 6.07) is 20.9. The number of anilines is 1. The smallest absolute Gasteiger partial charge is 0.303 e. The maximum absolute atomic E-state index is 13.1. The fourth-order valence-electron chi connectivity index (χ4n) is 3.83. The molecule has 212 valence electrons. The second-order valence-electron chi connectivity index (χ2n) is 9.07. The molecule has 1 atom stereocenters. The molecule has 0 aliphatic rings. The Morgan fingerprint density at radius 1 is 0.950 bits per heavy atom. The predicted molar refractivity (Wildman–Crippen MR) is 154 cm³/mol. The summed E-state index contributed by atoms with van der Waals surface area (Å²) in [7, 11) is 1.61. The number of amides is 2. The van der Waals surface area contributed by atoms with Crippen LogP contribution in [0, 0.1) is 0 Å². The summed E-state index contributed by atoms with van der Waals surface area (Å²) in [5.41, 5.74) is 2.53. The highest BCUT2D eigenvalue weighted by atomic mass is 35.5. The Kier molecular flexibility index (Phi) is 12.1. The van der Waals surface area contributed by atoms with Gasteiger partial charge in [0.1, 0.15) is 17.5 Å². The Morgan fingerprint density at radius 3 is 2.35 bits per heavy atom. The number of carboxylic acid groups (broad SMARTS) is 1. The van der Waals surface area contributed by atoms with Crippen LogP contribution in [0.2, 0.25) is 5.02 Å². The van der Waals surface area contributed by atoms with Crippen LogP contribution in [0.15, 0.2) is 72.8 Å². The quantitative estimate of drug-likeness (QED) is 0.192. The van der Waals surface area contributed by atoms with E-state index in [9.17, 15) is 14.4 Å². The summed E-state index contributed by atoms with van der Waals surface area (Å²) < 4.78 is 10.7. The number of methoxy groups -OCH3 is 1. The topological polar surface area (TPSA) is 126 Å². The van der Waals surface area contributed by atoms with Crippen LogP contribution >= 0.6 is 11.6 Å². The summed E-state index contributed by atoms with van der Waals surface area (Å²) in [4.78, 5) is 36.5. The molecule has 3 aromatic carbocycles. The molecular weight excluding hydrogens is 534 g/mol. The lowest BCUT2D eigenvalue weighted by Crippen LogP contribution is -2.51. The van der Waals surface area contributed by atoms with Crippen LogP contribution in [0.4, 0.5) is 5.69 Å². The predicted octanol–water partition coefficient (Wildman–Crippen LogP) is 4.09. The normalized spacial score (nSPS) is 11.2. The van der Waals surface area contributed by atoms with Crippen molar-refractivity contribution in [1.82, 2.24) is 10.6 Å². The van der Waals surface area contributed by atoms with Gasteiger partial charge in [-0.3, -0.25) is 14.4 Å². The van der Waals surface area contributed by atoms with Gasteiger partial charge in [0.05, 0.1) is 20.1 Å². The highest BCUT2D eigenvalue weighted by Gasteiger charge is 2.21. The lowest BCUT2D eigenvalue weighted by atomic mass is 10.1. The second kappa shape index (κ2) is 16.0. The van der Waals surface area contributed by atoms with E-state index in [0.717, 1.165) is 22.6 Å². The number of ether oxygens (including phenoxy) is 2. The molecule has 0 aliphatic heterocycles. The molecule has 0 fully saturated rings. The molecule has 0 spiro atoms. The molecule has 0 saturated carbocycles. The van der Waals surface area contributed by atoms with Gasteiger partial charge in [-0.15, -0.1) is 0 Å². The fourth-order valence-corrected chi connectivity index (χ4v) is 4.05. The molecule has 9 nitrogen and oxygen atoms in total. The molecule has 0 radical (unpaired) electrons. The zero-order chi connectivity index (χ0) is 28.7. The number of nitrogens with one attached hydrogen (secondary N) is 3. The van der Waals surface area contributed by atoms with E-state index in [0.29, 0.717) is 36.8 Å². The van der Waals surface area contributed by atoms with Crippen molar-refractivity contribution in [3.05, 3.63) is 88.9 Å². The number of aliphatic carboxylic acids is 1. The molecule has 2 amide bonds. The molecule has 0 heterocycles. The first kappa shape index (κ1) is 30.3. The minimum atomic E-state index is -0.859. The standard InChI is InChI=1S/C30H34ClN3O6/c1-39-25-11-7-21(8-12-25)15-16-32-30(38)27(34-28(35)19-22-4-2-5-23(31)18-22)20-33-24-9-13-26(14-10-24)40-17-3-6-29(36)37/h2,4-5,7-14,18,27,33H,3,6,15-17,19-20H2,1H3,(H,32,38)(H,34,35)(H,36,37). The first-order valence-electron chi connectivity index (χ1n) is 13.0. The summed E-state index contributed by atoms with van der Waals surface area (Å²) in [5.74, 6) is -0.0943. The summed E-state index contributed by atoms with van der Waals surface area (Å²) in [5, 5.41) is 18.2. The van der Waals surface area contributed by atoms with Gasteiger partial charge in [-0.25, -0.2) is 0 Å². The van der Waals surface area contributed by atoms with Crippen LogP contribution < -0.4 is 25.4 Å². The molecule has 4 N–H and O–H groups in total. The van der Waals surface area contributed by atoms with Crippen molar-refractivity contribution in [3.8, 4) is 11.5 Å². The molecule has 3 aromatic rings. The first-order valence-corrected chi connectivity index (χ1v) is 13.3. The third-order valence-electron chi connectivity index (χ3n) is 5.95. The number of carboxylic acids is 1. The first-order chi connectivity index (χ1) is 19.3. The van der Waals surface area contributed by atoms with Gasteiger partial charge < -0.3 is 30.5 Å². The van der Waals surface area contributed by atoms with Crippen molar-refractivity contribution in [2.24, 2.45) is 0 Å². The van der Waals surface area contributed by atoms with Gasteiger partial charge in [0.2, 0.25) is 11.8 Å². The fraction of sp³-hybridized carbons (Fsp3) is 0.300. The van der Waals surface area contributed by atoms with E-state index in [1.54, 1.807) is 55.6 Å². The Labute approximate surface area is 238 Å². The lowest BCUT2D eigenvalue weighted by Gasteiger charge is -2.20. The molecule has 0 bridgehead atoms. The van der Waals surface area contributed by atoms with Crippen molar-refractivity contribution < 1.29 is 29.0 Å². The monoisotopic (exact) mass is 567 g/mol. The SMILES string of the molecule is COc1ccc(CCNC(=O)C(CNc2ccc(OCCCC(=O)O)cc2)NC(=O)Cc2cccc(Cl)c2)cc1. The van der Waals surface area contributed by atoms with Crippen LogP contribution in [-0.4, -0.2) is 55.7 Å². The van der Waals surface area contributed by atoms with Crippen molar-refractivity contribution in [1.29, 1.82) is 0 Å². The zero-order valence-electron chi connectivity index (χ0n) is 22.3. The van der Waals surface area contributed by atoms with Gasteiger partial charge in [0.25, 0.3) is 0 Å². The minimum absolute atomic E-state index is 0.0478. The van der Waals surface area contributed by atoms with Gasteiger partial charge >= 0.3 is 5.97 Å². The summed E-state index contributed by atoms with van der Waals surface area (Å²) >= 11 is 6.04. The molecular formula is C30H34ClN3O6. The van der Waals surface area contributed by atoms with Crippen molar-refractivity contribution in [2.75, 3.05) is 32.1 Å². The van der Waals surface area contributed by atoms with Gasteiger partial charge in [-0.1, -0.05) is 35.9 Å². The third-order valence-corrected chi connectivity index (χ3v) is 6.18. The highest BCUT2D eigenvalue weighted by molar-refractivity contribution is 6.30. The van der Waals surface area contributed by atoms with Crippen molar-refractivity contribution in [3.63, 3.8) is 0 Å². The second-order valence-corrected chi connectivity index (χ2v) is 9.50. The van der Waals surface area contributed by atoms with E-state index in [1.807, 2.05) is 24.3 Å². The molecule has 3 rings (SSSR count). The molecule has 0 aliphatic carbocycles. The maximum Gasteiger partial charge on any atom is 0.303 e. The van der Waals surface area contributed by atoms with E-state index in [1.165, 1.54) is 0 Å². The number of rotatable bonds is 16. The highest BCUT2D eigenvalue weighted by Crippen LogP contribution is 2.16. The van der Waals surface area contributed by atoms with E-state index in [4.69, 9.17) is 26.2 Å². The molecule has 40 heavy (non-hydrogen) atoms. The zero-order valence-corrected chi connectivity index (χ0v) is 23.1. The average molecular weight is 568 g/mol. The Bertz CT molecular complexity index is 1250. The number of hydrogen-bond acceptors (Lipinski definition) is 6. The van der Waals surface area contributed by atoms with E-state index < -0.39 is 12.0 Å².